The Balaban J connectivity index is 1.12. The molecule has 3 saturated heterocycles. The lowest BCUT2D eigenvalue weighted by molar-refractivity contribution is -0.321. The summed E-state index contributed by atoms with van der Waals surface area (Å²) in [5.74, 6) is -5.15. The molecule has 64 heavy (non-hydrogen) atoms. The molecule has 3 aliphatic rings. The van der Waals surface area contributed by atoms with Crippen molar-refractivity contribution in [3.05, 3.63) is 66.2 Å². The van der Waals surface area contributed by atoms with Gasteiger partial charge >= 0.3 is 17.3 Å². The molecule has 14 N–H and O–H groups in total. The largest absolute Gasteiger partial charge is 0.508 e. The zero-order chi connectivity index (χ0) is 46.3. The molecule has 3 aliphatic heterocycles. The molecular weight excluding hydrogens is 860 g/mol. The Hall–Kier alpha value is -5.64. The van der Waals surface area contributed by atoms with E-state index in [1.165, 1.54) is 37.3 Å². The van der Waals surface area contributed by atoms with Crippen molar-refractivity contribution in [1.82, 2.24) is 0 Å². The molecule has 15 atom stereocenters. The van der Waals surface area contributed by atoms with Gasteiger partial charge in [-0.2, -0.15) is 0 Å². The first kappa shape index (κ1) is 46.4. The Morgan fingerprint density at radius 3 is 1.94 bits per heavy atom. The van der Waals surface area contributed by atoms with Crippen LogP contribution in [-0.4, -0.2) is 176 Å². The number of aliphatic hydroxyl groups excluding tert-OH is 9. The lowest BCUT2D eigenvalue weighted by Gasteiger charge is -2.42. The van der Waals surface area contributed by atoms with Crippen LogP contribution in [0.2, 0.25) is 0 Å². The van der Waals surface area contributed by atoms with E-state index in [-0.39, 0.29) is 28.0 Å². The van der Waals surface area contributed by atoms with Gasteiger partial charge in [0.05, 0.1) is 24.3 Å². The minimum atomic E-state index is -2.04. The predicted molar refractivity (Wildman–Crippen MR) is 209 cm³/mol. The first-order valence-corrected chi connectivity index (χ1v) is 19.4. The second-order valence-electron chi connectivity index (χ2n) is 15.1. The van der Waals surface area contributed by atoms with E-state index in [9.17, 15) is 76.3 Å². The van der Waals surface area contributed by atoms with Crippen LogP contribution in [0.25, 0.3) is 28.4 Å². The molecule has 0 radical (unpaired) electrons. The maximum Gasteiger partial charge on any atom is 0.402 e. The zero-order valence-corrected chi connectivity index (χ0v) is 33.2. The van der Waals surface area contributed by atoms with Gasteiger partial charge in [0.2, 0.25) is 18.3 Å². The van der Waals surface area contributed by atoms with Crippen molar-refractivity contribution in [1.29, 1.82) is 0 Å². The number of phenols is 5. The highest BCUT2D eigenvalue weighted by molar-refractivity contribution is 5.89. The highest BCUT2D eigenvalue weighted by Gasteiger charge is 2.49. The molecule has 346 valence electrons. The van der Waals surface area contributed by atoms with Crippen molar-refractivity contribution < 1.29 is 114 Å². The summed E-state index contributed by atoms with van der Waals surface area (Å²) < 4.78 is 45.3. The molecule has 7 rings (SSSR count). The Kier molecular flexibility index (Phi) is 13.6. The van der Waals surface area contributed by atoms with E-state index < -0.39 is 139 Å². The van der Waals surface area contributed by atoms with E-state index >= 15 is 0 Å². The van der Waals surface area contributed by atoms with Crippen molar-refractivity contribution in [3.8, 4) is 51.6 Å². The fourth-order valence-electron chi connectivity index (χ4n) is 7.04. The molecular formula is C41H45O23+. The number of carbonyl (C=O) groups is 1. The van der Waals surface area contributed by atoms with Crippen molar-refractivity contribution in [2.24, 2.45) is 0 Å². The number of esters is 1. The van der Waals surface area contributed by atoms with Gasteiger partial charge < -0.3 is 105 Å². The average Bonchev–Trinajstić information content (AvgIpc) is 3.26. The van der Waals surface area contributed by atoms with Gasteiger partial charge in [-0.1, -0.05) is 12.1 Å². The van der Waals surface area contributed by atoms with E-state index in [1.807, 2.05) is 0 Å². The highest BCUT2D eigenvalue weighted by atomic mass is 16.8. The Morgan fingerprint density at radius 2 is 1.27 bits per heavy atom. The molecule has 0 saturated carbocycles. The third kappa shape index (κ3) is 9.57. The Labute approximate surface area is 360 Å². The van der Waals surface area contributed by atoms with Gasteiger partial charge in [0, 0.05) is 30.3 Å². The molecule has 3 aromatic carbocycles. The van der Waals surface area contributed by atoms with Crippen LogP contribution in [0, 0.1) is 0 Å². The van der Waals surface area contributed by atoms with Crippen molar-refractivity contribution in [2.45, 2.75) is 99.2 Å². The van der Waals surface area contributed by atoms with Crippen molar-refractivity contribution >= 4 is 23.0 Å². The van der Waals surface area contributed by atoms with Crippen LogP contribution in [0.5, 0.6) is 40.2 Å². The normalized spacial score (nSPS) is 33.2. The van der Waals surface area contributed by atoms with Crippen LogP contribution in [0.15, 0.2) is 65.1 Å². The van der Waals surface area contributed by atoms with E-state index in [2.05, 4.69) is 0 Å². The highest BCUT2D eigenvalue weighted by Crippen LogP contribution is 2.45. The number of fused-ring (bicyclic) bond motifs is 1. The summed E-state index contributed by atoms with van der Waals surface area (Å²) in [6.07, 6.45) is -24.3. The minimum Gasteiger partial charge on any atom is -0.508 e. The second kappa shape index (κ2) is 18.8. The number of hydrogen-bond acceptors (Lipinski definition) is 22. The SMILES string of the molecule is C[C@@H]1O[C@H](OC[C@H]2O[C@@H](Oc3cc4c(O[C@H]5O[C@H](O)[C@H](O)[C@H](O)[C@H]5O)cc(O)cc4[o+]c3-c3cc(O)c(O)c(O)c3)[C@H](O)[C@H](O)[C@@H]2O)[C@H](O)[C@H](O)[C@H]1OC(=O)C=Cc1ccc(O)cc1. The number of hydrogen-bond donors (Lipinski definition) is 14. The van der Waals surface area contributed by atoms with E-state index in [0.717, 1.165) is 36.4 Å². The number of carbonyl (C=O) groups excluding carboxylic acids is 1. The number of aliphatic hydroxyl groups is 9. The summed E-state index contributed by atoms with van der Waals surface area (Å²) in [6, 6.07) is 11.0. The maximum absolute atomic E-state index is 12.6. The molecule has 1 aromatic heterocycles. The fourth-order valence-corrected chi connectivity index (χ4v) is 7.04. The molecule has 3 fully saturated rings. The van der Waals surface area contributed by atoms with E-state index in [4.69, 9.17) is 37.6 Å². The fraction of sp³-hybridized carbons (Fsp3) is 0.415. The predicted octanol–water partition coefficient (Wildman–Crippen LogP) is -1.66. The summed E-state index contributed by atoms with van der Waals surface area (Å²) in [7, 11) is 0. The smallest absolute Gasteiger partial charge is 0.402 e. The van der Waals surface area contributed by atoms with Crippen LogP contribution in [0.1, 0.15) is 12.5 Å². The molecule has 0 aliphatic carbocycles. The number of ether oxygens (including phenoxy) is 7. The number of rotatable bonds is 11. The monoisotopic (exact) mass is 905 g/mol. The summed E-state index contributed by atoms with van der Waals surface area (Å²) in [5, 5.41) is 146. The van der Waals surface area contributed by atoms with Gasteiger partial charge in [-0.3, -0.25) is 0 Å². The lowest BCUT2D eigenvalue weighted by Crippen LogP contribution is -2.62. The van der Waals surface area contributed by atoms with Crippen LogP contribution in [-0.2, 0) is 28.5 Å². The third-order valence-electron chi connectivity index (χ3n) is 10.6. The molecule has 0 unspecified atom stereocenters. The summed E-state index contributed by atoms with van der Waals surface area (Å²) >= 11 is 0. The van der Waals surface area contributed by atoms with Gasteiger partial charge in [-0.15, -0.1) is 0 Å². The molecule has 0 bridgehead atoms. The first-order chi connectivity index (χ1) is 30.3. The Morgan fingerprint density at radius 1 is 0.656 bits per heavy atom. The van der Waals surface area contributed by atoms with Gasteiger partial charge in [0.25, 0.3) is 0 Å². The van der Waals surface area contributed by atoms with Gasteiger partial charge in [-0.25, -0.2) is 9.21 Å². The molecule has 23 heteroatoms. The minimum absolute atomic E-state index is 0.0188. The number of benzene rings is 3. The van der Waals surface area contributed by atoms with Gasteiger partial charge in [0.15, 0.2) is 35.9 Å². The van der Waals surface area contributed by atoms with Gasteiger partial charge in [0.1, 0.15) is 77.6 Å². The maximum atomic E-state index is 12.6. The molecule has 4 heterocycles. The standard InChI is InChI=1S/C41H44O23/c1-14-36(63-26(46)7-4-15-2-5-17(42)6-3-15)31(51)35(55)39(58-14)57-13-25-28(48)29(49)33(53)40(62-25)61-24-12-19-22(59-37(24)16-8-20(44)27(47)21(45)9-16)10-18(43)11-23(19)60-41-34(54)30(50)32(52)38(56)64-41/h2-12,14,25,28-36,38-41,48-56H,13H2,1H3,(H4-,42,43,44,45,46,47)/p+1/t14-,25+,28+,29+,30-,31-,32+,33+,34+,35+,36-,38-,39-,40+,41-/m0/s1. The molecule has 23 nitrogen and oxygen atoms in total. The lowest BCUT2D eigenvalue weighted by atomic mass is 9.98. The number of phenolic OH excluding ortho intramolecular Hbond substituents is 5. The van der Waals surface area contributed by atoms with Crippen LogP contribution >= 0.6 is 0 Å². The summed E-state index contributed by atoms with van der Waals surface area (Å²) in [4.78, 5) is 12.6. The summed E-state index contributed by atoms with van der Waals surface area (Å²) in [5.41, 5.74) is 0.132. The van der Waals surface area contributed by atoms with Crippen LogP contribution in [0.3, 0.4) is 0 Å². The van der Waals surface area contributed by atoms with Crippen molar-refractivity contribution in [2.75, 3.05) is 6.61 Å². The van der Waals surface area contributed by atoms with Crippen molar-refractivity contribution in [3.63, 3.8) is 0 Å². The van der Waals surface area contributed by atoms with E-state index in [0.29, 0.717) is 5.56 Å². The van der Waals surface area contributed by atoms with Crippen LogP contribution in [0.4, 0.5) is 0 Å². The topological polar surface area (TPSA) is 376 Å². The third-order valence-corrected chi connectivity index (χ3v) is 10.6. The first-order valence-electron chi connectivity index (χ1n) is 19.4. The molecule has 4 aromatic rings. The average molecular weight is 906 g/mol. The van der Waals surface area contributed by atoms with Crippen LogP contribution < -0.4 is 9.47 Å². The van der Waals surface area contributed by atoms with E-state index in [1.54, 1.807) is 0 Å². The molecule has 0 amide bonds. The quantitative estimate of drug-likeness (QED) is 0.0347. The zero-order valence-electron chi connectivity index (χ0n) is 33.2. The number of aromatic hydroxyl groups is 5. The summed E-state index contributed by atoms with van der Waals surface area (Å²) in [6.45, 7) is 0.718. The second-order valence-corrected chi connectivity index (χ2v) is 15.1. The van der Waals surface area contributed by atoms with Gasteiger partial charge in [-0.05, 0) is 30.7 Å². The Bertz CT molecular complexity index is 2300. The molecule has 0 spiro atoms.